The average molecular weight is 254 g/mol. The smallest absolute Gasteiger partial charge is 0.149 e. The summed E-state index contributed by atoms with van der Waals surface area (Å²) in [7, 11) is -2.90. The third kappa shape index (κ3) is 3.36. The second-order valence-corrected chi connectivity index (χ2v) is 6.67. The molecule has 1 N–H and O–H groups in total. The Balaban J connectivity index is 2.17. The Morgan fingerprint density at radius 1 is 1.35 bits per heavy atom. The molecule has 0 atom stereocenters. The van der Waals surface area contributed by atoms with Gasteiger partial charge in [0.15, 0.2) is 0 Å². The molecule has 94 valence electrons. The lowest BCUT2D eigenvalue weighted by atomic mass is 10.2. The number of nitrogens with one attached hydrogen (secondary N) is 1. The van der Waals surface area contributed by atoms with E-state index in [9.17, 15) is 8.42 Å². The van der Waals surface area contributed by atoms with Crippen molar-refractivity contribution in [3.63, 3.8) is 0 Å². The van der Waals surface area contributed by atoms with E-state index in [-0.39, 0.29) is 5.75 Å². The van der Waals surface area contributed by atoms with E-state index in [0.717, 1.165) is 30.9 Å². The van der Waals surface area contributed by atoms with Crippen LogP contribution in [0.15, 0.2) is 24.3 Å². The third-order valence-corrected chi connectivity index (χ3v) is 3.82. The molecule has 1 aromatic rings. The summed E-state index contributed by atoms with van der Waals surface area (Å²) < 4.78 is 22.5. The van der Waals surface area contributed by atoms with Crippen LogP contribution in [0.3, 0.4) is 0 Å². The first-order valence-corrected chi connectivity index (χ1v) is 7.88. The molecule has 0 amide bonds. The Labute approximate surface area is 103 Å². The number of para-hydroxylation sites is 2. The number of hydrogen-bond acceptors (Lipinski definition) is 4. The average Bonchev–Trinajstić information content (AvgIpc) is 2.47. The van der Waals surface area contributed by atoms with Gasteiger partial charge in [-0.25, -0.2) is 8.42 Å². The first-order chi connectivity index (χ1) is 8.06. The summed E-state index contributed by atoms with van der Waals surface area (Å²) in [6.07, 6.45) is 2.31. The van der Waals surface area contributed by atoms with Crippen LogP contribution in [0, 0.1) is 0 Å². The highest BCUT2D eigenvalue weighted by molar-refractivity contribution is 7.90. The van der Waals surface area contributed by atoms with E-state index in [2.05, 4.69) is 10.2 Å². The Bertz CT molecular complexity index is 485. The van der Waals surface area contributed by atoms with Gasteiger partial charge in [-0.1, -0.05) is 12.1 Å². The number of benzene rings is 1. The summed E-state index contributed by atoms with van der Waals surface area (Å²) in [5, 5.41) is 3.36. The van der Waals surface area contributed by atoms with Crippen molar-refractivity contribution < 1.29 is 8.42 Å². The molecule has 0 fully saturated rings. The van der Waals surface area contributed by atoms with Gasteiger partial charge in [-0.3, -0.25) is 0 Å². The summed E-state index contributed by atoms with van der Waals surface area (Å²) in [6.45, 7) is 2.41. The van der Waals surface area contributed by atoms with Gasteiger partial charge in [0.2, 0.25) is 0 Å². The van der Waals surface area contributed by atoms with Gasteiger partial charge < -0.3 is 10.2 Å². The number of nitrogens with zero attached hydrogens (tertiary/aromatic N) is 1. The summed E-state index contributed by atoms with van der Waals surface area (Å²) in [5.74, 6) is 0.210. The van der Waals surface area contributed by atoms with Crippen LogP contribution >= 0.6 is 0 Å². The number of anilines is 2. The van der Waals surface area contributed by atoms with Crippen LogP contribution in [0.2, 0.25) is 0 Å². The number of fused-ring (bicyclic) bond motifs is 1. The van der Waals surface area contributed by atoms with Crippen LogP contribution in [0.5, 0.6) is 0 Å². The molecule has 1 aliphatic heterocycles. The van der Waals surface area contributed by atoms with Gasteiger partial charge in [0.25, 0.3) is 0 Å². The normalized spacial score (nSPS) is 15.9. The van der Waals surface area contributed by atoms with Gasteiger partial charge in [0.1, 0.15) is 9.84 Å². The van der Waals surface area contributed by atoms with Gasteiger partial charge in [-0.05, 0) is 18.6 Å². The van der Waals surface area contributed by atoms with Crippen LogP contribution in [0.25, 0.3) is 0 Å². The molecule has 0 saturated heterocycles. The predicted molar refractivity (Wildman–Crippen MR) is 71.5 cm³/mol. The minimum Gasteiger partial charge on any atom is -0.383 e. The Morgan fingerprint density at radius 2 is 2.12 bits per heavy atom. The minimum absolute atomic E-state index is 0.210. The molecule has 1 heterocycles. The third-order valence-electron chi connectivity index (χ3n) is 2.90. The van der Waals surface area contributed by atoms with Crippen molar-refractivity contribution in [2.24, 2.45) is 0 Å². The Morgan fingerprint density at radius 3 is 2.88 bits per heavy atom. The molecule has 5 heteroatoms. The first-order valence-electron chi connectivity index (χ1n) is 5.82. The van der Waals surface area contributed by atoms with Crippen molar-refractivity contribution in [2.45, 2.75) is 6.42 Å². The van der Waals surface area contributed by atoms with Crippen molar-refractivity contribution >= 4 is 21.2 Å². The van der Waals surface area contributed by atoms with E-state index >= 15 is 0 Å². The van der Waals surface area contributed by atoms with Crippen LogP contribution in [-0.4, -0.2) is 40.1 Å². The molecule has 0 spiro atoms. The molecular weight excluding hydrogens is 236 g/mol. The topological polar surface area (TPSA) is 49.4 Å². The maximum Gasteiger partial charge on any atom is 0.149 e. The molecule has 1 aromatic carbocycles. The molecule has 1 aliphatic rings. The van der Waals surface area contributed by atoms with Gasteiger partial charge in [0.05, 0.1) is 17.1 Å². The quantitative estimate of drug-likeness (QED) is 0.884. The minimum atomic E-state index is -2.90. The molecule has 0 aliphatic carbocycles. The molecule has 2 rings (SSSR count). The maximum absolute atomic E-state index is 11.2. The lowest BCUT2D eigenvalue weighted by Gasteiger charge is -2.23. The predicted octanol–water partition coefficient (Wildman–Crippen LogP) is 1.35. The lowest BCUT2D eigenvalue weighted by molar-refractivity contribution is 0.600. The highest BCUT2D eigenvalue weighted by atomic mass is 32.2. The van der Waals surface area contributed by atoms with E-state index in [4.69, 9.17) is 0 Å². The largest absolute Gasteiger partial charge is 0.383 e. The summed E-state index contributed by atoms with van der Waals surface area (Å²) in [5.41, 5.74) is 2.20. The Kier molecular flexibility index (Phi) is 3.57. The van der Waals surface area contributed by atoms with E-state index in [1.54, 1.807) is 0 Å². The van der Waals surface area contributed by atoms with Crippen molar-refractivity contribution in [3.05, 3.63) is 24.3 Å². The zero-order valence-electron chi connectivity index (χ0n) is 10.0. The number of sulfone groups is 1. The van der Waals surface area contributed by atoms with Gasteiger partial charge in [0, 0.05) is 25.9 Å². The lowest BCUT2D eigenvalue weighted by Crippen LogP contribution is -2.29. The fourth-order valence-corrected chi connectivity index (χ4v) is 2.57. The monoisotopic (exact) mass is 254 g/mol. The van der Waals surface area contributed by atoms with Crippen molar-refractivity contribution in [1.29, 1.82) is 0 Å². The van der Waals surface area contributed by atoms with E-state index in [1.807, 2.05) is 24.3 Å². The number of rotatable bonds is 3. The fourth-order valence-electron chi connectivity index (χ4n) is 2.02. The summed E-state index contributed by atoms with van der Waals surface area (Å²) in [6, 6.07) is 8.05. The van der Waals surface area contributed by atoms with Crippen molar-refractivity contribution in [1.82, 2.24) is 0 Å². The fraction of sp³-hybridized carbons (Fsp3) is 0.500. The molecule has 0 radical (unpaired) electrons. The molecule has 0 bridgehead atoms. The zero-order valence-corrected chi connectivity index (χ0v) is 10.8. The summed E-state index contributed by atoms with van der Waals surface area (Å²) in [4.78, 5) is 2.15. The molecule has 0 unspecified atom stereocenters. The second kappa shape index (κ2) is 4.96. The van der Waals surface area contributed by atoms with E-state index < -0.39 is 9.84 Å². The molecule has 0 saturated carbocycles. The molecular formula is C12H18N2O2S. The molecule has 4 nitrogen and oxygen atoms in total. The standard InChI is InChI=1S/C12H18N2O2S/c1-17(15,16)10-9-14-8-4-7-13-11-5-2-3-6-12(11)14/h2-3,5-6,13H,4,7-10H2,1H3. The number of hydrogen-bond donors (Lipinski definition) is 1. The molecule has 17 heavy (non-hydrogen) atoms. The van der Waals surface area contributed by atoms with Crippen molar-refractivity contribution in [3.8, 4) is 0 Å². The maximum atomic E-state index is 11.2. The molecule has 0 aromatic heterocycles. The summed E-state index contributed by atoms with van der Waals surface area (Å²) >= 11 is 0. The highest BCUT2D eigenvalue weighted by Crippen LogP contribution is 2.27. The van der Waals surface area contributed by atoms with Crippen LogP contribution < -0.4 is 10.2 Å². The SMILES string of the molecule is CS(=O)(=O)CCN1CCCNc2ccccc21. The van der Waals surface area contributed by atoms with Gasteiger partial charge in [-0.2, -0.15) is 0 Å². The highest BCUT2D eigenvalue weighted by Gasteiger charge is 2.15. The van der Waals surface area contributed by atoms with E-state index in [0.29, 0.717) is 6.54 Å². The zero-order chi connectivity index (χ0) is 12.3. The van der Waals surface area contributed by atoms with Crippen LogP contribution in [-0.2, 0) is 9.84 Å². The first kappa shape index (κ1) is 12.2. The van der Waals surface area contributed by atoms with E-state index in [1.165, 1.54) is 6.26 Å². The second-order valence-electron chi connectivity index (χ2n) is 4.41. The Hall–Kier alpha value is -1.23. The van der Waals surface area contributed by atoms with Gasteiger partial charge >= 0.3 is 0 Å². The van der Waals surface area contributed by atoms with Crippen molar-refractivity contribution in [2.75, 3.05) is 41.9 Å². The van der Waals surface area contributed by atoms with Gasteiger partial charge in [-0.15, -0.1) is 0 Å². The van der Waals surface area contributed by atoms with Crippen LogP contribution in [0.1, 0.15) is 6.42 Å². The van der Waals surface area contributed by atoms with Crippen LogP contribution in [0.4, 0.5) is 11.4 Å².